The molecule has 174 valence electrons. The van der Waals surface area contributed by atoms with Crippen molar-refractivity contribution >= 4 is 17.2 Å². The minimum absolute atomic E-state index is 0.0353. The summed E-state index contributed by atoms with van der Waals surface area (Å²) in [4.78, 5) is 14.0. The van der Waals surface area contributed by atoms with Crippen LogP contribution in [-0.4, -0.2) is 57.7 Å². The number of hydrogen-bond acceptors (Lipinski definition) is 8. The third-order valence-corrected chi connectivity index (χ3v) is 6.09. The Kier molecular flexibility index (Phi) is 7.21. The normalized spacial score (nSPS) is 13.2. The van der Waals surface area contributed by atoms with Crippen molar-refractivity contribution in [2.24, 2.45) is 0 Å². The predicted octanol–water partition coefficient (Wildman–Crippen LogP) is 3.37. The van der Waals surface area contributed by atoms with E-state index in [0.29, 0.717) is 41.1 Å². The maximum absolute atomic E-state index is 12.6. The Morgan fingerprint density at radius 2 is 1.79 bits per heavy atom. The van der Waals surface area contributed by atoms with Gasteiger partial charge in [-0.15, -0.1) is 11.3 Å². The van der Waals surface area contributed by atoms with E-state index in [4.69, 9.17) is 23.7 Å². The van der Waals surface area contributed by atoms with Gasteiger partial charge >= 0.3 is 0 Å². The molecule has 0 bridgehead atoms. The van der Waals surface area contributed by atoms with Crippen molar-refractivity contribution in [2.75, 3.05) is 40.6 Å². The second kappa shape index (κ2) is 10.5. The number of amides is 1. The number of ether oxygens (including phenoxy) is 5. The Morgan fingerprint density at radius 3 is 2.52 bits per heavy atom. The van der Waals surface area contributed by atoms with Crippen LogP contribution in [0.25, 0.3) is 10.4 Å². The van der Waals surface area contributed by atoms with E-state index in [1.54, 1.807) is 24.3 Å². The second-order valence-electron chi connectivity index (χ2n) is 7.19. The van der Waals surface area contributed by atoms with Gasteiger partial charge in [-0.05, 0) is 48.0 Å². The van der Waals surface area contributed by atoms with Gasteiger partial charge < -0.3 is 34.1 Å². The van der Waals surface area contributed by atoms with Gasteiger partial charge in [0.1, 0.15) is 25.9 Å². The van der Waals surface area contributed by atoms with Crippen LogP contribution in [0.15, 0.2) is 48.5 Å². The molecule has 9 heteroatoms. The van der Waals surface area contributed by atoms with Crippen LogP contribution in [0.3, 0.4) is 0 Å². The number of carbonyl (C=O) groups is 1. The number of aliphatic hydroxyl groups excluding tert-OH is 1. The summed E-state index contributed by atoms with van der Waals surface area (Å²) in [6, 6.07) is 14.6. The molecule has 1 amide bonds. The summed E-state index contributed by atoms with van der Waals surface area (Å²) in [6.45, 7) is 1.06. The highest BCUT2D eigenvalue weighted by Crippen LogP contribution is 2.38. The Hall–Kier alpha value is -3.43. The van der Waals surface area contributed by atoms with E-state index in [1.165, 1.54) is 25.6 Å². The third kappa shape index (κ3) is 5.32. The van der Waals surface area contributed by atoms with Gasteiger partial charge in [0.05, 0.1) is 19.1 Å². The molecule has 1 aliphatic rings. The van der Waals surface area contributed by atoms with E-state index in [1.807, 2.05) is 24.3 Å². The first-order valence-electron chi connectivity index (χ1n) is 10.4. The van der Waals surface area contributed by atoms with E-state index < -0.39 is 6.10 Å². The van der Waals surface area contributed by atoms with Crippen molar-refractivity contribution in [1.29, 1.82) is 0 Å². The predicted molar refractivity (Wildman–Crippen MR) is 124 cm³/mol. The molecule has 33 heavy (non-hydrogen) atoms. The molecule has 1 aliphatic heterocycles. The van der Waals surface area contributed by atoms with Crippen LogP contribution in [0.4, 0.5) is 0 Å². The Labute approximate surface area is 195 Å². The minimum atomic E-state index is -0.916. The van der Waals surface area contributed by atoms with E-state index in [2.05, 4.69) is 5.32 Å². The van der Waals surface area contributed by atoms with Gasteiger partial charge in [0, 0.05) is 11.4 Å². The lowest BCUT2D eigenvalue weighted by Gasteiger charge is -2.18. The fourth-order valence-electron chi connectivity index (χ4n) is 3.31. The summed E-state index contributed by atoms with van der Waals surface area (Å²) in [5.41, 5.74) is 0.947. The van der Waals surface area contributed by atoms with Crippen LogP contribution in [0.2, 0.25) is 0 Å². The molecule has 4 rings (SSSR count). The van der Waals surface area contributed by atoms with E-state index in [0.717, 1.165) is 16.2 Å². The number of nitrogens with one attached hydrogen (secondary N) is 1. The van der Waals surface area contributed by atoms with Gasteiger partial charge in [0.2, 0.25) is 5.75 Å². The van der Waals surface area contributed by atoms with Gasteiger partial charge in [-0.25, -0.2) is 0 Å². The molecule has 1 unspecified atom stereocenters. The van der Waals surface area contributed by atoms with Crippen molar-refractivity contribution in [2.45, 2.75) is 6.10 Å². The van der Waals surface area contributed by atoms with Gasteiger partial charge in [0.25, 0.3) is 5.91 Å². The lowest BCUT2D eigenvalue weighted by atomic mass is 10.1. The molecule has 3 aromatic rings. The first kappa shape index (κ1) is 22.8. The Balaban J connectivity index is 1.32. The lowest BCUT2D eigenvalue weighted by molar-refractivity contribution is 0.0836. The number of benzene rings is 2. The van der Waals surface area contributed by atoms with Crippen LogP contribution in [0.1, 0.15) is 9.67 Å². The fraction of sp³-hybridized carbons (Fsp3) is 0.292. The average Bonchev–Trinajstić information content (AvgIpc) is 3.36. The standard InChI is InChI=1S/C24H25NO7S/c1-28-18-4-3-5-19(29-2)23(18)32-14-16(26)13-25-24(27)22-9-8-21(33-22)15-6-7-17-20(12-15)31-11-10-30-17/h3-9,12,16,26H,10-11,13-14H2,1-2H3,(H,25,27). The van der Waals surface area contributed by atoms with E-state index >= 15 is 0 Å². The van der Waals surface area contributed by atoms with Crippen molar-refractivity contribution in [3.05, 3.63) is 53.4 Å². The number of carbonyl (C=O) groups excluding carboxylic acids is 1. The molecular weight excluding hydrogens is 446 g/mol. The quantitative estimate of drug-likeness (QED) is 0.494. The monoisotopic (exact) mass is 471 g/mol. The molecule has 0 fully saturated rings. The van der Waals surface area contributed by atoms with Crippen LogP contribution in [0, 0.1) is 0 Å². The zero-order valence-electron chi connectivity index (χ0n) is 18.3. The van der Waals surface area contributed by atoms with Gasteiger partial charge in [-0.2, -0.15) is 0 Å². The first-order valence-corrected chi connectivity index (χ1v) is 11.2. The number of hydrogen-bond donors (Lipinski definition) is 2. The number of aliphatic hydroxyl groups is 1. The lowest BCUT2D eigenvalue weighted by Crippen LogP contribution is -2.35. The van der Waals surface area contributed by atoms with Crippen LogP contribution in [-0.2, 0) is 0 Å². The molecule has 0 spiro atoms. The molecule has 2 heterocycles. The highest BCUT2D eigenvalue weighted by molar-refractivity contribution is 7.17. The number of para-hydroxylation sites is 1. The van der Waals surface area contributed by atoms with Gasteiger partial charge in [0.15, 0.2) is 23.0 Å². The minimum Gasteiger partial charge on any atom is -0.493 e. The zero-order chi connectivity index (χ0) is 23.2. The Morgan fingerprint density at radius 1 is 1.06 bits per heavy atom. The van der Waals surface area contributed by atoms with Gasteiger partial charge in [-0.3, -0.25) is 4.79 Å². The molecule has 1 atom stereocenters. The van der Waals surface area contributed by atoms with Crippen molar-refractivity contribution in [3.63, 3.8) is 0 Å². The van der Waals surface area contributed by atoms with Crippen molar-refractivity contribution < 1.29 is 33.6 Å². The largest absolute Gasteiger partial charge is 0.493 e. The number of thiophene rings is 1. The highest BCUT2D eigenvalue weighted by atomic mass is 32.1. The van der Waals surface area contributed by atoms with E-state index in [9.17, 15) is 9.90 Å². The molecule has 0 radical (unpaired) electrons. The molecule has 0 saturated carbocycles. The zero-order valence-corrected chi connectivity index (χ0v) is 19.1. The average molecular weight is 472 g/mol. The highest BCUT2D eigenvalue weighted by Gasteiger charge is 2.17. The number of fused-ring (bicyclic) bond motifs is 1. The smallest absolute Gasteiger partial charge is 0.261 e. The van der Waals surface area contributed by atoms with Crippen LogP contribution >= 0.6 is 11.3 Å². The maximum Gasteiger partial charge on any atom is 0.261 e. The molecule has 8 nitrogen and oxygen atoms in total. The molecule has 0 aliphatic carbocycles. The third-order valence-electron chi connectivity index (χ3n) is 4.96. The summed E-state index contributed by atoms with van der Waals surface area (Å²) >= 11 is 1.36. The topological polar surface area (TPSA) is 95.5 Å². The number of rotatable bonds is 9. The van der Waals surface area contributed by atoms with Crippen molar-refractivity contribution in [1.82, 2.24) is 5.32 Å². The number of methoxy groups -OCH3 is 2. The maximum atomic E-state index is 12.6. The summed E-state index contributed by atoms with van der Waals surface area (Å²) in [5, 5.41) is 13.0. The summed E-state index contributed by atoms with van der Waals surface area (Å²) < 4.78 is 27.4. The van der Waals surface area contributed by atoms with Crippen LogP contribution in [0.5, 0.6) is 28.7 Å². The van der Waals surface area contributed by atoms with Crippen LogP contribution < -0.4 is 29.0 Å². The van der Waals surface area contributed by atoms with E-state index in [-0.39, 0.29) is 19.1 Å². The molecule has 2 aromatic carbocycles. The molecule has 1 aromatic heterocycles. The Bertz CT molecular complexity index is 1090. The summed E-state index contributed by atoms with van der Waals surface area (Å²) in [5.74, 6) is 2.55. The SMILES string of the molecule is COc1cccc(OC)c1OCC(O)CNC(=O)c1ccc(-c2ccc3c(c2)OCCO3)s1. The van der Waals surface area contributed by atoms with Crippen molar-refractivity contribution in [3.8, 4) is 39.2 Å². The molecule has 0 saturated heterocycles. The molecule has 2 N–H and O–H groups in total. The summed E-state index contributed by atoms with van der Waals surface area (Å²) in [7, 11) is 3.05. The molecular formula is C24H25NO7S. The summed E-state index contributed by atoms with van der Waals surface area (Å²) in [6.07, 6.45) is -0.916. The second-order valence-corrected chi connectivity index (χ2v) is 8.27. The first-order chi connectivity index (χ1) is 16.1. The van der Waals surface area contributed by atoms with Gasteiger partial charge in [-0.1, -0.05) is 6.07 Å². The fourth-order valence-corrected chi connectivity index (χ4v) is 4.23.